The third-order valence-electron chi connectivity index (χ3n) is 6.18. The fraction of sp³-hybridized carbons (Fsp3) is 0.480. The van der Waals surface area contributed by atoms with E-state index in [1.807, 2.05) is 12.1 Å². The lowest BCUT2D eigenvalue weighted by atomic mass is 9.77. The smallest absolute Gasteiger partial charge is 0.284 e. The first kappa shape index (κ1) is 21.6. The molecular formula is C25H29F3O. The van der Waals surface area contributed by atoms with Crippen LogP contribution in [-0.2, 0) is 0 Å². The number of hydrogen-bond donors (Lipinski definition) is 0. The molecule has 1 aliphatic carbocycles. The summed E-state index contributed by atoms with van der Waals surface area (Å²) in [6.07, 6.45) is 5.61. The summed E-state index contributed by atoms with van der Waals surface area (Å²) >= 11 is 0. The third-order valence-corrected chi connectivity index (χ3v) is 6.18. The van der Waals surface area contributed by atoms with Gasteiger partial charge in [0.1, 0.15) is 0 Å². The minimum Gasteiger partial charge on any atom is -0.284 e. The summed E-state index contributed by atoms with van der Waals surface area (Å²) in [6, 6.07) is 14.0. The molecule has 1 aliphatic rings. The Morgan fingerprint density at radius 3 is 1.93 bits per heavy atom. The number of carbonyl (C=O) groups excluding carboxylic acids is 1. The zero-order valence-corrected chi connectivity index (χ0v) is 17.0. The minimum atomic E-state index is -4.84. The van der Waals surface area contributed by atoms with Crippen molar-refractivity contribution in [1.82, 2.24) is 0 Å². The second kappa shape index (κ2) is 9.60. The number of Topliss-reactive ketones (excluding diaryl/α,β-unsaturated/α-hetero) is 1. The van der Waals surface area contributed by atoms with Gasteiger partial charge in [-0.15, -0.1) is 0 Å². The summed E-state index contributed by atoms with van der Waals surface area (Å²) < 4.78 is 37.6. The van der Waals surface area contributed by atoms with Crippen LogP contribution in [0.15, 0.2) is 48.5 Å². The predicted molar refractivity (Wildman–Crippen MR) is 111 cm³/mol. The lowest BCUT2D eigenvalue weighted by Crippen LogP contribution is -2.22. The molecule has 0 heterocycles. The third kappa shape index (κ3) is 5.71. The van der Waals surface area contributed by atoms with Gasteiger partial charge in [0.25, 0.3) is 5.78 Å². The molecule has 29 heavy (non-hydrogen) atoms. The van der Waals surface area contributed by atoms with E-state index in [0.717, 1.165) is 17.0 Å². The van der Waals surface area contributed by atoms with Crippen LogP contribution in [0.5, 0.6) is 0 Å². The minimum absolute atomic E-state index is 0.325. The predicted octanol–water partition coefficient (Wildman–Crippen LogP) is 7.95. The lowest BCUT2D eigenvalue weighted by Gasteiger charge is -2.29. The molecule has 0 radical (unpaired) electrons. The summed E-state index contributed by atoms with van der Waals surface area (Å²) in [4.78, 5) is 11.3. The van der Waals surface area contributed by atoms with E-state index in [9.17, 15) is 18.0 Å². The molecule has 1 fully saturated rings. The highest BCUT2D eigenvalue weighted by Gasteiger charge is 2.39. The second-order valence-corrected chi connectivity index (χ2v) is 8.24. The Kier molecular flexibility index (Phi) is 7.15. The molecule has 0 aliphatic heterocycles. The highest BCUT2D eigenvalue weighted by molar-refractivity contribution is 6.00. The molecule has 0 amide bonds. The van der Waals surface area contributed by atoms with Gasteiger partial charge >= 0.3 is 6.18 Å². The molecule has 1 nitrogen and oxygen atoms in total. The van der Waals surface area contributed by atoms with E-state index in [0.29, 0.717) is 5.92 Å². The fourth-order valence-corrected chi connectivity index (χ4v) is 4.39. The number of benzene rings is 2. The summed E-state index contributed by atoms with van der Waals surface area (Å²) in [5, 5.41) is 0. The fourth-order valence-electron chi connectivity index (χ4n) is 4.39. The van der Waals surface area contributed by atoms with Gasteiger partial charge in [-0.3, -0.25) is 4.79 Å². The van der Waals surface area contributed by atoms with Crippen molar-refractivity contribution in [2.24, 2.45) is 5.92 Å². The average molecular weight is 403 g/mol. The molecule has 0 saturated heterocycles. The molecule has 0 bridgehead atoms. The highest BCUT2D eigenvalue weighted by Crippen LogP contribution is 2.38. The highest BCUT2D eigenvalue weighted by atomic mass is 19.4. The van der Waals surface area contributed by atoms with Crippen molar-refractivity contribution >= 4 is 5.78 Å². The van der Waals surface area contributed by atoms with E-state index in [4.69, 9.17) is 0 Å². The van der Waals surface area contributed by atoms with Crippen molar-refractivity contribution in [3.8, 4) is 11.1 Å². The Hall–Kier alpha value is -2.10. The van der Waals surface area contributed by atoms with Crippen molar-refractivity contribution in [3.63, 3.8) is 0 Å². The maximum atomic E-state index is 12.5. The van der Waals surface area contributed by atoms with Crippen LogP contribution < -0.4 is 0 Å². The van der Waals surface area contributed by atoms with Gasteiger partial charge in [0, 0.05) is 5.56 Å². The van der Waals surface area contributed by atoms with Gasteiger partial charge in [-0.1, -0.05) is 81.1 Å². The monoisotopic (exact) mass is 402 g/mol. The van der Waals surface area contributed by atoms with E-state index in [1.165, 1.54) is 69.1 Å². The van der Waals surface area contributed by atoms with Crippen molar-refractivity contribution in [3.05, 3.63) is 59.7 Å². The molecule has 1 saturated carbocycles. The first-order chi connectivity index (χ1) is 13.9. The van der Waals surface area contributed by atoms with Gasteiger partial charge in [-0.25, -0.2) is 0 Å². The van der Waals surface area contributed by atoms with Crippen LogP contribution in [0.1, 0.15) is 80.1 Å². The van der Waals surface area contributed by atoms with Gasteiger partial charge in [-0.2, -0.15) is 13.2 Å². The maximum absolute atomic E-state index is 12.5. The molecule has 156 valence electrons. The zero-order valence-electron chi connectivity index (χ0n) is 17.0. The molecule has 0 aromatic heterocycles. The molecular weight excluding hydrogens is 373 g/mol. The van der Waals surface area contributed by atoms with Crippen LogP contribution >= 0.6 is 0 Å². The summed E-state index contributed by atoms with van der Waals surface area (Å²) in [5.74, 6) is -0.307. The van der Waals surface area contributed by atoms with Crippen molar-refractivity contribution in [2.75, 3.05) is 0 Å². The van der Waals surface area contributed by atoms with Crippen LogP contribution in [0.3, 0.4) is 0 Å². The van der Waals surface area contributed by atoms with Gasteiger partial charge in [-0.05, 0) is 54.2 Å². The maximum Gasteiger partial charge on any atom is 0.454 e. The molecule has 4 heteroatoms. The topological polar surface area (TPSA) is 17.1 Å². The van der Waals surface area contributed by atoms with E-state index in [1.54, 1.807) is 12.1 Å². The van der Waals surface area contributed by atoms with Crippen molar-refractivity contribution in [2.45, 2.75) is 70.4 Å². The summed E-state index contributed by atoms with van der Waals surface area (Å²) in [5.41, 5.74) is 2.79. The Morgan fingerprint density at radius 1 is 0.862 bits per heavy atom. The molecule has 0 spiro atoms. The van der Waals surface area contributed by atoms with Gasteiger partial charge in [0.15, 0.2) is 0 Å². The number of unbranched alkanes of at least 4 members (excludes halogenated alkanes) is 2. The largest absolute Gasteiger partial charge is 0.454 e. The molecule has 3 rings (SSSR count). The van der Waals surface area contributed by atoms with Crippen LogP contribution in [0, 0.1) is 5.92 Å². The van der Waals surface area contributed by atoms with Crippen LogP contribution in [0.4, 0.5) is 13.2 Å². The first-order valence-electron chi connectivity index (χ1n) is 10.7. The number of hydrogen-bond acceptors (Lipinski definition) is 1. The lowest BCUT2D eigenvalue weighted by molar-refractivity contribution is -0.0885. The number of halogens is 3. The SMILES string of the molecule is CCCCCC1CCC(c2ccc(-c3ccc(C(=O)C(F)(F)F)cc3)cc2)CC1. The van der Waals surface area contributed by atoms with Crippen molar-refractivity contribution in [1.29, 1.82) is 0 Å². The first-order valence-corrected chi connectivity index (χ1v) is 10.7. The van der Waals surface area contributed by atoms with Crippen LogP contribution in [-0.4, -0.2) is 12.0 Å². The quantitative estimate of drug-likeness (QED) is 0.339. The van der Waals surface area contributed by atoms with E-state index < -0.39 is 12.0 Å². The van der Waals surface area contributed by atoms with E-state index >= 15 is 0 Å². The average Bonchev–Trinajstić information content (AvgIpc) is 2.73. The van der Waals surface area contributed by atoms with Crippen molar-refractivity contribution < 1.29 is 18.0 Å². The van der Waals surface area contributed by atoms with Gasteiger partial charge in [0.2, 0.25) is 0 Å². The summed E-state index contributed by atoms with van der Waals surface area (Å²) in [7, 11) is 0. The number of rotatable bonds is 7. The number of alkyl halides is 3. The van der Waals surface area contributed by atoms with Gasteiger partial charge < -0.3 is 0 Å². The Labute approximate surface area is 171 Å². The van der Waals surface area contributed by atoms with E-state index in [2.05, 4.69) is 19.1 Å². The van der Waals surface area contributed by atoms with E-state index in [-0.39, 0.29) is 5.56 Å². The molecule has 2 aromatic carbocycles. The molecule has 0 N–H and O–H groups in total. The Balaban J connectivity index is 1.59. The Bertz CT molecular complexity index is 782. The number of carbonyl (C=O) groups is 1. The van der Waals surface area contributed by atoms with Crippen LogP contribution in [0.2, 0.25) is 0 Å². The standard InChI is InChI=1S/C25H29F3O/c1-2-3-4-5-18-6-8-19(9-7-18)20-10-12-21(13-11-20)22-14-16-23(17-15-22)24(29)25(26,27)28/h10-19H,2-9H2,1H3. The normalized spacial score (nSPS) is 19.9. The molecule has 2 aromatic rings. The second-order valence-electron chi connectivity index (χ2n) is 8.24. The molecule has 0 unspecified atom stereocenters. The molecule has 0 atom stereocenters. The Morgan fingerprint density at radius 2 is 1.41 bits per heavy atom. The zero-order chi connectivity index (χ0) is 20.9. The van der Waals surface area contributed by atoms with Gasteiger partial charge in [0.05, 0.1) is 0 Å². The number of ketones is 1. The summed E-state index contributed by atoms with van der Waals surface area (Å²) in [6.45, 7) is 2.25. The van der Waals surface area contributed by atoms with Crippen LogP contribution in [0.25, 0.3) is 11.1 Å².